The quantitative estimate of drug-likeness (QED) is 0.645. The number of hydrogen-bond donors (Lipinski definition) is 1. The van der Waals surface area contributed by atoms with E-state index in [2.05, 4.69) is 46.4 Å². The van der Waals surface area contributed by atoms with Gasteiger partial charge in [0.25, 0.3) is 0 Å². The van der Waals surface area contributed by atoms with E-state index in [9.17, 15) is 4.79 Å². The Labute approximate surface area is 162 Å². The second-order valence-electron chi connectivity index (χ2n) is 7.41. The number of morpholine rings is 1. The van der Waals surface area contributed by atoms with Crippen molar-refractivity contribution in [2.24, 2.45) is 10.9 Å². The fraction of sp³-hybridized carbons (Fsp3) is 0.619. The van der Waals surface area contributed by atoms with Crippen LogP contribution in [-0.2, 0) is 16.0 Å². The molecule has 2 aliphatic rings. The van der Waals surface area contributed by atoms with E-state index in [-0.39, 0.29) is 5.92 Å². The van der Waals surface area contributed by atoms with Crippen molar-refractivity contribution in [3.05, 3.63) is 35.4 Å². The summed E-state index contributed by atoms with van der Waals surface area (Å²) in [5.41, 5.74) is 2.62. The molecular weight excluding hydrogens is 340 g/mol. The molecule has 2 heterocycles. The second kappa shape index (κ2) is 9.74. The number of carbonyl (C=O) groups excluding carboxylic acids is 1. The fourth-order valence-electron chi connectivity index (χ4n) is 3.79. The summed E-state index contributed by atoms with van der Waals surface area (Å²) >= 11 is 0. The molecule has 1 aromatic carbocycles. The number of aryl methyl sites for hydroxylation is 1. The standard InChI is InChI=1S/C21H32N4O2/c1-17-3-5-18(6-4-17)7-10-23-21(22-2)25-11-8-19(9-12-25)20(26)24-13-15-27-16-14-24/h3-6,19H,7-16H2,1-2H3,(H,22,23). The number of likely N-dealkylation sites (tertiary alicyclic amines) is 1. The van der Waals surface area contributed by atoms with Crippen molar-refractivity contribution >= 4 is 11.9 Å². The predicted octanol–water partition coefficient (Wildman–Crippen LogP) is 1.68. The summed E-state index contributed by atoms with van der Waals surface area (Å²) in [4.78, 5) is 21.3. The SMILES string of the molecule is CN=C(NCCc1ccc(C)cc1)N1CCC(C(=O)N2CCOCC2)CC1. The summed E-state index contributed by atoms with van der Waals surface area (Å²) in [7, 11) is 1.83. The molecule has 0 atom stereocenters. The molecule has 0 unspecified atom stereocenters. The number of nitrogens with one attached hydrogen (secondary N) is 1. The Balaban J connectivity index is 1.42. The first kappa shape index (κ1) is 19.7. The molecule has 1 N–H and O–H groups in total. The number of rotatable bonds is 4. The van der Waals surface area contributed by atoms with Gasteiger partial charge in [-0.05, 0) is 31.7 Å². The maximum atomic E-state index is 12.7. The summed E-state index contributed by atoms with van der Waals surface area (Å²) < 4.78 is 5.35. The van der Waals surface area contributed by atoms with E-state index < -0.39 is 0 Å². The van der Waals surface area contributed by atoms with Gasteiger partial charge in [-0.3, -0.25) is 9.79 Å². The number of ether oxygens (including phenoxy) is 1. The van der Waals surface area contributed by atoms with Crippen LogP contribution in [-0.4, -0.2) is 74.7 Å². The normalized spacial score (nSPS) is 19.3. The summed E-state index contributed by atoms with van der Waals surface area (Å²) in [5.74, 6) is 1.39. The third kappa shape index (κ3) is 5.45. The van der Waals surface area contributed by atoms with Crippen LogP contribution in [0.25, 0.3) is 0 Å². The summed E-state index contributed by atoms with van der Waals surface area (Å²) in [6.07, 6.45) is 2.77. The van der Waals surface area contributed by atoms with E-state index in [0.717, 1.165) is 57.9 Å². The van der Waals surface area contributed by atoms with Crippen LogP contribution in [0.3, 0.4) is 0 Å². The Kier molecular flexibility index (Phi) is 7.10. The van der Waals surface area contributed by atoms with Crippen molar-refractivity contribution < 1.29 is 9.53 Å². The van der Waals surface area contributed by atoms with Crippen LogP contribution >= 0.6 is 0 Å². The average molecular weight is 373 g/mol. The minimum Gasteiger partial charge on any atom is -0.378 e. The van der Waals surface area contributed by atoms with Crippen LogP contribution in [0.2, 0.25) is 0 Å². The third-order valence-corrected chi connectivity index (χ3v) is 5.50. The van der Waals surface area contributed by atoms with Gasteiger partial charge in [0.05, 0.1) is 13.2 Å². The first-order valence-electron chi connectivity index (χ1n) is 10.0. The van der Waals surface area contributed by atoms with Crippen molar-refractivity contribution in [1.82, 2.24) is 15.1 Å². The fourth-order valence-corrected chi connectivity index (χ4v) is 3.79. The lowest BCUT2D eigenvalue weighted by atomic mass is 9.95. The van der Waals surface area contributed by atoms with Gasteiger partial charge >= 0.3 is 0 Å². The zero-order valence-electron chi connectivity index (χ0n) is 16.6. The van der Waals surface area contributed by atoms with Crippen LogP contribution in [0.1, 0.15) is 24.0 Å². The smallest absolute Gasteiger partial charge is 0.225 e. The van der Waals surface area contributed by atoms with Crippen LogP contribution in [0.5, 0.6) is 0 Å². The Morgan fingerprint density at radius 1 is 1.11 bits per heavy atom. The predicted molar refractivity (Wildman–Crippen MR) is 108 cm³/mol. The Bertz CT molecular complexity index is 630. The van der Waals surface area contributed by atoms with Gasteiger partial charge in [-0.15, -0.1) is 0 Å². The van der Waals surface area contributed by atoms with Crippen LogP contribution in [0.4, 0.5) is 0 Å². The van der Waals surface area contributed by atoms with Crippen molar-refractivity contribution in [3.63, 3.8) is 0 Å². The van der Waals surface area contributed by atoms with Crippen molar-refractivity contribution in [2.75, 3.05) is 53.0 Å². The van der Waals surface area contributed by atoms with E-state index in [0.29, 0.717) is 19.1 Å². The number of guanidine groups is 1. The van der Waals surface area contributed by atoms with Crippen molar-refractivity contribution in [2.45, 2.75) is 26.2 Å². The molecular formula is C21H32N4O2. The molecule has 2 saturated heterocycles. The van der Waals surface area contributed by atoms with E-state index in [1.807, 2.05) is 11.9 Å². The number of piperidine rings is 1. The minimum atomic E-state index is 0.144. The zero-order chi connectivity index (χ0) is 19.1. The summed E-state index contributed by atoms with van der Waals surface area (Å²) in [5, 5.41) is 3.47. The molecule has 2 aliphatic heterocycles. The van der Waals surface area contributed by atoms with Crippen LogP contribution in [0, 0.1) is 12.8 Å². The molecule has 0 bridgehead atoms. The van der Waals surface area contributed by atoms with Gasteiger partial charge in [-0.25, -0.2) is 0 Å². The van der Waals surface area contributed by atoms with Gasteiger partial charge in [-0.2, -0.15) is 0 Å². The second-order valence-corrected chi connectivity index (χ2v) is 7.41. The number of carbonyl (C=O) groups is 1. The monoisotopic (exact) mass is 372 g/mol. The van der Waals surface area contributed by atoms with Gasteiger partial charge in [0.1, 0.15) is 0 Å². The van der Waals surface area contributed by atoms with E-state index in [1.165, 1.54) is 11.1 Å². The van der Waals surface area contributed by atoms with E-state index in [1.54, 1.807) is 0 Å². The number of aliphatic imine (C=N–C) groups is 1. The lowest BCUT2D eigenvalue weighted by Gasteiger charge is -2.36. The highest BCUT2D eigenvalue weighted by molar-refractivity contribution is 5.81. The molecule has 0 saturated carbocycles. The lowest BCUT2D eigenvalue weighted by Crippen LogP contribution is -2.50. The molecule has 1 aromatic rings. The molecule has 6 nitrogen and oxygen atoms in total. The number of hydrogen-bond acceptors (Lipinski definition) is 3. The largest absolute Gasteiger partial charge is 0.378 e. The first-order valence-corrected chi connectivity index (χ1v) is 10.0. The highest BCUT2D eigenvalue weighted by Crippen LogP contribution is 2.20. The maximum absolute atomic E-state index is 12.7. The van der Waals surface area contributed by atoms with E-state index in [4.69, 9.17) is 4.74 Å². The van der Waals surface area contributed by atoms with Gasteiger partial charge in [0.2, 0.25) is 5.91 Å². The average Bonchev–Trinajstić information content (AvgIpc) is 2.73. The number of benzene rings is 1. The Morgan fingerprint density at radius 3 is 2.41 bits per heavy atom. The topological polar surface area (TPSA) is 57.2 Å². The molecule has 0 spiro atoms. The zero-order valence-corrected chi connectivity index (χ0v) is 16.6. The molecule has 2 fully saturated rings. The molecule has 0 aromatic heterocycles. The molecule has 6 heteroatoms. The number of nitrogens with zero attached hydrogens (tertiary/aromatic N) is 3. The maximum Gasteiger partial charge on any atom is 0.225 e. The molecule has 3 rings (SSSR count). The van der Waals surface area contributed by atoms with Gasteiger partial charge in [0, 0.05) is 45.7 Å². The van der Waals surface area contributed by atoms with Crippen LogP contribution in [0.15, 0.2) is 29.3 Å². The van der Waals surface area contributed by atoms with Gasteiger partial charge in [-0.1, -0.05) is 29.8 Å². The molecule has 27 heavy (non-hydrogen) atoms. The van der Waals surface area contributed by atoms with Crippen LogP contribution < -0.4 is 5.32 Å². The molecule has 148 valence electrons. The molecule has 1 amide bonds. The van der Waals surface area contributed by atoms with Crippen molar-refractivity contribution in [1.29, 1.82) is 0 Å². The van der Waals surface area contributed by atoms with Crippen molar-refractivity contribution in [3.8, 4) is 0 Å². The molecule has 0 radical (unpaired) electrons. The number of amides is 1. The third-order valence-electron chi connectivity index (χ3n) is 5.50. The molecule has 0 aliphatic carbocycles. The summed E-state index contributed by atoms with van der Waals surface area (Å²) in [6, 6.07) is 8.67. The summed E-state index contributed by atoms with van der Waals surface area (Å²) in [6.45, 7) is 7.54. The van der Waals surface area contributed by atoms with Gasteiger partial charge < -0.3 is 19.9 Å². The van der Waals surface area contributed by atoms with E-state index >= 15 is 0 Å². The Hall–Kier alpha value is -2.08. The first-order chi connectivity index (χ1) is 13.2. The highest BCUT2D eigenvalue weighted by atomic mass is 16.5. The van der Waals surface area contributed by atoms with Gasteiger partial charge in [0.15, 0.2) is 5.96 Å². The Morgan fingerprint density at radius 2 is 1.78 bits per heavy atom. The highest BCUT2D eigenvalue weighted by Gasteiger charge is 2.30. The minimum absolute atomic E-state index is 0.144. The lowest BCUT2D eigenvalue weighted by molar-refractivity contribution is -0.140.